The normalized spacial score (nSPS) is 12.2. The predicted octanol–water partition coefficient (Wildman–Crippen LogP) is 4.88. The third kappa shape index (κ3) is 3.53. The van der Waals surface area contributed by atoms with Gasteiger partial charge in [0.1, 0.15) is 41.4 Å². The maximum atomic E-state index is 11.6. The molecule has 0 aliphatic heterocycles. The highest BCUT2D eigenvalue weighted by atomic mass is 35.5. The monoisotopic (exact) mass is 443 g/mol. The van der Waals surface area contributed by atoms with Crippen LogP contribution in [0.2, 0.25) is 5.02 Å². The Kier molecular flexibility index (Phi) is 4.97. The van der Waals surface area contributed by atoms with Crippen LogP contribution < -0.4 is 4.74 Å². The van der Waals surface area contributed by atoms with Crippen LogP contribution in [0.1, 0.15) is 38.8 Å². The molecule has 0 atom stereocenters. The number of nitrogens with zero attached hydrogens (tertiary/aromatic N) is 3. The van der Waals surface area contributed by atoms with Gasteiger partial charge in [-0.1, -0.05) is 39.0 Å². The van der Waals surface area contributed by atoms with E-state index >= 15 is 0 Å². The maximum Gasteiger partial charge on any atom is 0.333 e. The fourth-order valence-electron chi connectivity index (χ4n) is 3.59. The first-order chi connectivity index (χ1) is 14.5. The first-order valence-electron chi connectivity index (χ1n) is 10.0. The highest BCUT2D eigenvalue weighted by Crippen LogP contribution is 2.43. The number of ether oxygens (including phenoxy) is 2. The van der Waals surface area contributed by atoms with Crippen LogP contribution in [0.3, 0.4) is 0 Å². The highest BCUT2D eigenvalue weighted by Gasteiger charge is 2.31. The van der Waals surface area contributed by atoms with E-state index in [2.05, 4.69) is 27.4 Å². The number of aromatic nitrogens is 3. The number of phenols is 1. The van der Waals surface area contributed by atoms with Gasteiger partial charge in [0.2, 0.25) is 0 Å². The van der Waals surface area contributed by atoms with Crippen LogP contribution in [-0.4, -0.2) is 38.3 Å². The molecular formula is C23H26ClN3O4. The quantitative estimate of drug-likeness (QED) is 0.262. The zero-order chi connectivity index (χ0) is 22.7. The summed E-state index contributed by atoms with van der Waals surface area (Å²) in [5.74, 6) is 0.280. The first kappa shape index (κ1) is 21.2. The van der Waals surface area contributed by atoms with Gasteiger partial charge in [-0.25, -0.2) is 4.79 Å². The number of aromatic hydroxyl groups is 1. The van der Waals surface area contributed by atoms with Crippen molar-refractivity contribution in [3.63, 3.8) is 0 Å². The molecular weight excluding hydrogens is 418 g/mol. The van der Waals surface area contributed by atoms with Gasteiger partial charge in [0, 0.05) is 21.7 Å². The lowest BCUT2D eigenvalue weighted by atomic mass is 9.84. The zero-order valence-electron chi connectivity index (χ0n) is 18.3. The molecule has 8 heteroatoms. The third-order valence-corrected chi connectivity index (χ3v) is 5.51. The Bertz CT molecular complexity index is 1300. The molecule has 0 unspecified atom stereocenters. The van der Waals surface area contributed by atoms with E-state index in [1.54, 1.807) is 6.92 Å². The molecule has 164 valence electrons. The molecule has 0 fully saturated rings. The first-order valence-corrected chi connectivity index (χ1v) is 10.4. The zero-order valence-corrected chi connectivity index (χ0v) is 19.1. The van der Waals surface area contributed by atoms with E-state index in [9.17, 15) is 9.90 Å². The van der Waals surface area contributed by atoms with Crippen molar-refractivity contribution >= 4 is 28.6 Å². The minimum atomic E-state index is -0.450. The van der Waals surface area contributed by atoms with Crippen molar-refractivity contribution in [3.05, 3.63) is 52.6 Å². The molecule has 0 bridgehead atoms. The molecule has 0 aliphatic rings. The van der Waals surface area contributed by atoms with Gasteiger partial charge in [-0.2, -0.15) is 0 Å². The fourth-order valence-corrected chi connectivity index (χ4v) is 3.76. The van der Waals surface area contributed by atoms with E-state index in [-0.39, 0.29) is 24.4 Å². The van der Waals surface area contributed by atoms with E-state index < -0.39 is 5.97 Å². The number of rotatable bonds is 6. The van der Waals surface area contributed by atoms with Gasteiger partial charge in [0.15, 0.2) is 0 Å². The third-order valence-electron chi connectivity index (χ3n) is 5.28. The number of halogens is 1. The number of esters is 1. The Labute approximate surface area is 185 Å². The molecule has 2 aromatic heterocycles. The molecule has 2 aromatic carbocycles. The molecule has 0 saturated carbocycles. The van der Waals surface area contributed by atoms with E-state index in [0.29, 0.717) is 27.6 Å². The lowest BCUT2D eigenvalue weighted by molar-refractivity contribution is -0.139. The summed E-state index contributed by atoms with van der Waals surface area (Å²) < 4.78 is 15.0. The van der Waals surface area contributed by atoms with E-state index in [0.717, 1.165) is 16.6 Å². The fraction of sp³-hybridized carbons (Fsp3) is 0.348. The molecule has 0 radical (unpaired) electrons. The van der Waals surface area contributed by atoms with E-state index in [1.807, 2.05) is 45.2 Å². The second kappa shape index (κ2) is 7.27. The number of hydrogen-bond donors (Lipinski definition) is 1. The van der Waals surface area contributed by atoms with Gasteiger partial charge in [-0.15, -0.1) is 14.1 Å². The second-order valence-electron chi connectivity index (χ2n) is 8.76. The van der Waals surface area contributed by atoms with E-state index in [4.69, 9.17) is 21.1 Å². The van der Waals surface area contributed by atoms with E-state index in [1.165, 1.54) is 0 Å². The van der Waals surface area contributed by atoms with Crippen molar-refractivity contribution in [1.82, 2.24) is 14.1 Å². The molecule has 31 heavy (non-hydrogen) atoms. The van der Waals surface area contributed by atoms with Gasteiger partial charge in [-0.3, -0.25) is 0 Å². The Balaban J connectivity index is 1.69. The molecule has 0 aliphatic carbocycles. The molecule has 7 nitrogen and oxygen atoms in total. The Morgan fingerprint density at radius 2 is 1.84 bits per heavy atom. The van der Waals surface area contributed by atoms with Gasteiger partial charge in [0.05, 0.1) is 0 Å². The minimum absolute atomic E-state index is 0.0982. The summed E-state index contributed by atoms with van der Waals surface area (Å²) in [6, 6.07) is 7.63. The lowest BCUT2D eigenvalue weighted by Crippen LogP contribution is -2.18. The van der Waals surface area contributed by atoms with Crippen LogP contribution in [0.5, 0.6) is 11.5 Å². The number of phenolic OH excluding ortho intramolecular Hbond substituents is 1. The summed E-state index contributed by atoms with van der Waals surface area (Å²) in [4.78, 5) is 13.5. The predicted molar refractivity (Wildman–Crippen MR) is 120 cm³/mol. The van der Waals surface area contributed by atoms with Crippen molar-refractivity contribution in [2.24, 2.45) is 0 Å². The van der Waals surface area contributed by atoms with Gasteiger partial charge in [0.25, 0.3) is 0 Å². The molecule has 0 spiro atoms. The van der Waals surface area contributed by atoms with Crippen LogP contribution in [0.4, 0.5) is 0 Å². The summed E-state index contributed by atoms with van der Waals surface area (Å²) in [5.41, 5.74) is 4.35. The van der Waals surface area contributed by atoms with Crippen molar-refractivity contribution in [3.8, 4) is 17.2 Å². The molecule has 4 aromatic rings. The highest BCUT2D eigenvalue weighted by molar-refractivity contribution is 6.31. The lowest BCUT2D eigenvalue weighted by Gasteiger charge is -2.25. The standard InChI is InChI=1S/C23H26ClN3O4/c1-13(2)22(29)31-10-9-30-21-14(3)20(28)19(12-16(21)23(4,5)6)27-25-17-8-7-15(24)11-18(17)26(25)27/h7-8,11-12,28H,1,9-10H2,2-6H3. The number of hydrogen-bond acceptors (Lipinski definition) is 4. The van der Waals surface area contributed by atoms with Crippen LogP contribution in [0.25, 0.3) is 16.7 Å². The number of benzene rings is 2. The Hall–Kier alpha value is -3.06. The average molecular weight is 444 g/mol. The van der Waals surface area contributed by atoms with Gasteiger partial charge < -0.3 is 14.6 Å². The molecule has 4 rings (SSSR count). The number of carbonyl (C=O) groups excluding carboxylic acids is 1. The molecule has 1 N–H and O–H groups in total. The largest absolute Gasteiger partial charge is 0.505 e. The minimum Gasteiger partial charge on any atom is -0.505 e. The summed E-state index contributed by atoms with van der Waals surface area (Å²) in [6.45, 7) is 13.5. The maximum absolute atomic E-state index is 11.6. The SMILES string of the molecule is C=C(C)C(=O)OCCOc1c(C(C)(C)C)cc(-n2n3c4ccc(Cl)cc4n23)c(O)c1C. The average Bonchev–Trinajstić information content (AvgIpc) is 3.34. The van der Waals surface area contributed by atoms with Crippen LogP contribution >= 0.6 is 11.6 Å². The van der Waals surface area contributed by atoms with Crippen LogP contribution in [0.15, 0.2) is 36.4 Å². The number of fused-ring (bicyclic) bond motifs is 4. The van der Waals surface area contributed by atoms with Crippen LogP contribution in [-0.2, 0) is 14.9 Å². The summed E-state index contributed by atoms with van der Waals surface area (Å²) in [7, 11) is 0. The van der Waals surface area contributed by atoms with Crippen LogP contribution in [0, 0.1) is 6.92 Å². The topological polar surface area (TPSA) is 69.5 Å². The Morgan fingerprint density at radius 3 is 2.48 bits per heavy atom. The van der Waals surface area contributed by atoms with Gasteiger partial charge in [-0.05, 0) is 43.5 Å². The van der Waals surface area contributed by atoms with Crippen molar-refractivity contribution in [1.29, 1.82) is 0 Å². The molecule has 2 heterocycles. The van der Waals surface area contributed by atoms with Crippen molar-refractivity contribution in [2.45, 2.75) is 40.0 Å². The van der Waals surface area contributed by atoms with Crippen molar-refractivity contribution in [2.75, 3.05) is 13.2 Å². The molecule has 0 saturated heterocycles. The summed E-state index contributed by atoms with van der Waals surface area (Å²) >= 11 is 6.12. The molecule has 0 amide bonds. The van der Waals surface area contributed by atoms with Gasteiger partial charge >= 0.3 is 5.97 Å². The summed E-state index contributed by atoms with van der Waals surface area (Å²) in [5, 5.41) is 11.7. The van der Waals surface area contributed by atoms with Crippen molar-refractivity contribution < 1.29 is 19.4 Å². The number of carbonyl (C=O) groups is 1. The second-order valence-corrected chi connectivity index (χ2v) is 9.20. The Morgan fingerprint density at radius 1 is 1.16 bits per heavy atom. The smallest absolute Gasteiger partial charge is 0.333 e. The summed E-state index contributed by atoms with van der Waals surface area (Å²) in [6.07, 6.45) is 0.